The van der Waals surface area contributed by atoms with E-state index in [2.05, 4.69) is 4.98 Å². The van der Waals surface area contributed by atoms with Gasteiger partial charge < -0.3 is 9.84 Å². The van der Waals surface area contributed by atoms with E-state index in [0.717, 1.165) is 0 Å². The largest absolute Gasteiger partial charge is 0.481 e. The van der Waals surface area contributed by atoms with Crippen molar-refractivity contribution in [2.45, 2.75) is 18.3 Å². The van der Waals surface area contributed by atoms with E-state index < -0.39 is 11.4 Å². The molecular weight excluding hydrogens is 182 g/mol. The average Bonchev–Trinajstić information content (AvgIpc) is 2.98. The van der Waals surface area contributed by atoms with Gasteiger partial charge in [0.05, 0.1) is 12.5 Å². The summed E-state index contributed by atoms with van der Waals surface area (Å²) in [6.45, 7) is 0. The van der Waals surface area contributed by atoms with Crippen molar-refractivity contribution in [3.8, 4) is 5.88 Å². The van der Waals surface area contributed by atoms with Gasteiger partial charge in [-0.3, -0.25) is 4.79 Å². The number of carboxylic acid groups (broad SMARTS) is 1. The minimum atomic E-state index is -0.788. The molecule has 0 aliphatic heterocycles. The maximum atomic E-state index is 11.1. The Kier molecular flexibility index (Phi) is 1.91. The summed E-state index contributed by atoms with van der Waals surface area (Å²) in [5.41, 5.74) is -0.0467. The molecule has 1 N–H and O–H groups in total. The third kappa shape index (κ3) is 1.14. The van der Waals surface area contributed by atoms with Gasteiger partial charge in [-0.1, -0.05) is 6.07 Å². The van der Waals surface area contributed by atoms with Gasteiger partial charge in [0.2, 0.25) is 5.88 Å². The molecule has 0 atom stereocenters. The van der Waals surface area contributed by atoms with Crippen LogP contribution in [0.4, 0.5) is 0 Å². The van der Waals surface area contributed by atoms with Gasteiger partial charge in [0.25, 0.3) is 0 Å². The van der Waals surface area contributed by atoms with Crippen LogP contribution in [0.5, 0.6) is 5.88 Å². The first-order valence-electron chi connectivity index (χ1n) is 4.43. The predicted molar refractivity (Wildman–Crippen MR) is 49.3 cm³/mol. The maximum absolute atomic E-state index is 11.1. The summed E-state index contributed by atoms with van der Waals surface area (Å²) in [6, 6.07) is 3.51. The van der Waals surface area contributed by atoms with Gasteiger partial charge in [-0.15, -0.1) is 0 Å². The molecule has 4 heteroatoms. The average molecular weight is 193 g/mol. The lowest BCUT2D eigenvalue weighted by Crippen LogP contribution is -2.20. The number of pyridine rings is 1. The Morgan fingerprint density at radius 2 is 2.36 bits per heavy atom. The van der Waals surface area contributed by atoms with E-state index in [4.69, 9.17) is 9.84 Å². The smallest absolute Gasteiger partial charge is 0.314 e. The summed E-state index contributed by atoms with van der Waals surface area (Å²) in [5, 5.41) is 9.09. The molecule has 1 fully saturated rings. The number of ether oxygens (including phenoxy) is 1. The zero-order valence-corrected chi connectivity index (χ0v) is 7.86. The first-order valence-corrected chi connectivity index (χ1v) is 4.43. The summed E-state index contributed by atoms with van der Waals surface area (Å²) in [5.74, 6) is -0.365. The van der Waals surface area contributed by atoms with E-state index >= 15 is 0 Å². The van der Waals surface area contributed by atoms with Crippen LogP contribution in [0.1, 0.15) is 18.4 Å². The standard InChI is InChI=1S/C10H11NO3/c1-14-8-7(3-2-6-11-8)10(4-5-10)9(12)13/h2-3,6H,4-5H2,1H3,(H,12,13). The zero-order chi connectivity index (χ0) is 10.2. The van der Waals surface area contributed by atoms with Crippen molar-refractivity contribution in [1.29, 1.82) is 0 Å². The summed E-state index contributed by atoms with van der Waals surface area (Å²) in [4.78, 5) is 15.1. The maximum Gasteiger partial charge on any atom is 0.314 e. The van der Waals surface area contributed by atoms with Crippen LogP contribution in [-0.2, 0) is 10.2 Å². The van der Waals surface area contributed by atoms with Crippen LogP contribution in [-0.4, -0.2) is 23.2 Å². The second-order valence-corrected chi connectivity index (χ2v) is 3.45. The highest BCUT2D eigenvalue weighted by Crippen LogP contribution is 2.50. The van der Waals surface area contributed by atoms with Gasteiger partial charge in [-0.05, 0) is 18.9 Å². The van der Waals surface area contributed by atoms with Crippen LogP contribution in [0, 0.1) is 0 Å². The van der Waals surface area contributed by atoms with Crippen molar-refractivity contribution in [3.05, 3.63) is 23.9 Å². The quantitative estimate of drug-likeness (QED) is 0.783. The normalized spacial score (nSPS) is 17.5. The van der Waals surface area contributed by atoms with Crippen LogP contribution in [0.3, 0.4) is 0 Å². The first kappa shape index (κ1) is 8.99. The highest BCUT2D eigenvalue weighted by Gasteiger charge is 2.53. The van der Waals surface area contributed by atoms with Gasteiger partial charge >= 0.3 is 5.97 Å². The molecule has 4 nitrogen and oxygen atoms in total. The van der Waals surface area contributed by atoms with Gasteiger partial charge in [0, 0.05) is 11.8 Å². The summed E-state index contributed by atoms with van der Waals surface area (Å²) < 4.78 is 5.05. The van der Waals surface area contributed by atoms with E-state index in [1.54, 1.807) is 18.3 Å². The fourth-order valence-electron chi connectivity index (χ4n) is 1.64. The molecule has 1 aliphatic carbocycles. The molecule has 74 valence electrons. The van der Waals surface area contributed by atoms with E-state index in [1.807, 2.05) is 0 Å². The molecule has 0 amide bonds. The number of carbonyl (C=O) groups is 1. The Bertz CT molecular complexity index is 371. The third-order valence-corrected chi connectivity index (χ3v) is 2.64. The van der Waals surface area contributed by atoms with E-state index in [1.165, 1.54) is 7.11 Å². The first-order chi connectivity index (χ1) is 6.70. The molecule has 1 aromatic heterocycles. The summed E-state index contributed by atoms with van der Waals surface area (Å²) in [6.07, 6.45) is 2.94. The molecule has 1 aromatic rings. The molecule has 1 heterocycles. The fourth-order valence-corrected chi connectivity index (χ4v) is 1.64. The molecule has 0 bridgehead atoms. The number of carboxylic acids is 1. The Morgan fingerprint density at radius 1 is 1.64 bits per heavy atom. The number of aliphatic carboxylic acids is 1. The molecule has 0 radical (unpaired) electrons. The number of hydrogen-bond donors (Lipinski definition) is 1. The molecule has 1 aliphatic rings. The highest BCUT2D eigenvalue weighted by molar-refractivity contribution is 5.85. The lowest BCUT2D eigenvalue weighted by atomic mass is 9.97. The molecule has 0 aromatic carbocycles. The SMILES string of the molecule is COc1ncccc1C1(C(=O)O)CC1. The highest BCUT2D eigenvalue weighted by atomic mass is 16.5. The predicted octanol–water partition coefficient (Wildman–Crippen LogP) is 1.21. The van der Waals surface area contributed by atoms with Gasteiger partial charge in [0.15, 0.2) is 0 Å². The van der Waals surface area contributed by atoms with Crippen molar-refractivity contribution >= 4 is 5.97 Å². The number of methoxy groups -OCH3 is 1. The van der Waals surface area contributed by atoms with E-state index in [9.17, 15) is 4.79 Å². The monoisotopic (exact) mass is 193 g/mol. The van der Waals surface area contributed by atoms with Crippen LogP contribution in [0.15, 0.2) is 18.3 Å². The van der Waals surface area contributed by atoms with Gasteiger partial charge in [0.1, 0.15) is 0 Å². The van der Waals surface area contributed by atoms with E-state index in [0.29, 0.717) is 24.3 Å². The summed E-state index contributed by atoms with van der Waals surface area (Å²) in [7, 11) is 1.50. The molecule has 0 spiro atoms. The van der Waals surface area contributed by atoms with Gasteiger partial charge in [-0.25, -0.2) is 4.98 Å². The van der Waals surface area contributed by atoms with Crippen LogP contribution in [0.2, 0.25) is 0 Å². The van der Waals surface area contributed by atoms with Crippen LogP contribution in [0.25, 0.3) is 0 Å². The van der Waals surface area contributed by atoms with Crippen LogP contribution >= 0.6 is 0 Å². The van der Waals surface area contributed by atoms with Crippen molar-refractivity contribution in [2.24, 2.45) is 0 Å². The minimum Gasteiger partial charge on any atom is -0.481 e. The van der Waals surface area contributed by atoms with Crippen molar-refractivity contribution in [3.63, 3.8) is 0 Å². The number of rotatable bonds is 3. The molecule has 1 saturated carbocycles. The Morgan fingerprint density at radius 3 is 2.86 bits per heavy atom. The summed E-state index contributed by atoms with van der Waals surface area (Å²) >= 11 is 0. The number of aromatic nitrogens is 1. The topological polar surface area (TPSA) is 59.4 Å². The zero-order valence-electron chi connectivity index (χ0n) is 7.86. The van der Waals surface area contributed by atoms with E-state index in [-0.39, 0.29) is 0 Å². The number of hydrogen-bond acceptors (Lipinski definition) is 3. The Hall–Kier alpha value is -1.58. The molecule has 14 heavy (non-hydrogen) atoms. The Labute approximate surface area is 81.5 Å². The third-order valence-electron chi connectivity index (χ3n) is 2.64. The van der Waals surface area contributed by atoms with Crippen LogP contribution < -0.4 is 4.74 Å². The minimum absolute atomic E-state index is 0.424. The van der Waals surface area contributed by atoms with Crippen molar-refractivity contribution in [1.82, 2.24) is 4.98 Å². The Balaban J connectivity index is 2.46. The molecule has 0 unspecified atom stereocenters. The molecular formula is C10H11NO3. The fraction of sp³-hybridized carbons (Fsp3) is 0.400. The molecule has 2 rings (SSSR count). The number of nitrogens with zero attached hydrogens (tertiary/aromatic N) is 1. The second kappa shape index (κ2) is 2.97. The molecule has 0 saturated heterocycles. The lowest BCUT2D eigenvalue weighted by molar-refractivity contribution is -0.140. The van der Waals surface area contributed by atoms with Crippen molar-refractivity contribution < 1.29 is 14.6 Å². The van der Waals surface area contributed by atoms with Crippen molar-refractivity contribution in [2.75, 3.05) is 7.11 Å². The van der Waals surface area contributed by atoms with Gasteiger partial charge in [-0.2, -0.15) is 0 Å². The lowest BCUT2D eigenvalue weighted by Gasteiger charge is -2.12. The second-order valence-electron chi connectivity index (χ2n) is 3.45.